The van der Waals surface area contributed by atoms with Crippen LogP contribution in [0.2, 0.25) is 0 Å². The first-order chi connectivity index (χ1) is 16.6. The molecule has 0 radical (unpaired) electrons. The highest BCUT2D eigenvalue weighted by Crippen LogP contribution is 2.75. The molecule has 0 amide bonds. The molecule has 4 nitrogen and oxygen atoms in total. The number of carbonyl (C=O) groups excluding carboxylic acids is 1. The molecule has 5 aliphatic rings. The molecule has 2 unspecified atom stereocenters. The molecular weight excluding hydrogens is 448 g/mol. The Morgan fingerprint density at radius 3 is 2.25 bits per heavy atom. The highest BCUT2D eigenvalue weighted by atomic mass is 16.5. The summed E-state index contributed by atoms with van der Waals surface area (Å²) in [5.74, 6) is 1.47. The van der Waals surface area contributed by atoms with Crippen LogP contribution < -0.4 is 0 Å². The van der Waals surface area contributed by atoms with Crippen LogP contribution in [0.3, 0.4) is 0 Å². The molecule has 1 N–H and O–H groups in total. The van der Waals surface area contributed by atoms with Gasteiger partial charge < -0.3 is 9.84 Å². The van der Waals surface area contributed by atoms with Crippen LogP contribution in [0.5, 0.6) is 0 Å². The van der Waals surface area contributed by atoms with E-state index in [0.29, 0.717) is 23.7 Å². The number of aliphatic carboxylic acids is 1. The summed E-state index contributed by atoms with van der Waals surface area (Å²) < 4.78 is 5.69. The van der Waals surface area contributed by atoms with Gasteiger partial charge in [0.2, 0.25) is 0 Å². The van der Waals surface area contributed by atoms with Crippen molar-refractivity contribution in [2.75, 3.05) is 0 Å². The Balaban J connectivity index is 1.57. The standard InChI is InChI=1S/C32H50O4/c1-19-11-14-28(4)17-18-30(6)22(26(28)20(19)2)9-10-23-29(5)15-13-25(36-21(3)33)32(8,27(34)35)24(29)12-16-31(23,30)7/h9,19-20,23-26H,10-18H2,1-8H3,(H,34,35)/t19-,20+,23-,24?,25+,26+,28-,29-,30-,31-,32?/m1/s1. The van der Waals surface area contributed by atoms with E-state index >= 15 is 0 Å². The van der Waals surface area contributed by atoms with Crippen LogP contribution >= 0.6 is 0 Å². The van der Waals surface area contributed by atoms with Gasteiger partial charge in [-0.1, -0.05) is 53.2 Å². The monoisotopic (exact) mass is 498 g/mol. The van der Waals surface area contributed by atoms with Gasteiger partial charge in [-0.3, -0.25) is 9.59 Å². The number of hydrogen-bond donors (Lipinski definition) is 1. The van der Waals surface area contributed by atoms with Crippen molar-refractivity contribution in [2.24, 2.45) is 56.7 Å². The van der Waals surface area contributed by atoms with Crippen molar-refractivity contribution in [1.82, 2.24) is 0 Å². The molecule has 0 aromatic carbocycles. The van der Waals surface area contributed by atoms with Gasteiger partial charge in [-0.05, 0) is 116 Å². The largest absolute Gasteiger partial charge is 0.481 e. The molecule has 0 saturated heterocycles. The van der Waals surface area contributed by atoms with Crippen molar-refractivity contribution in [1.29, 1.82) is 0 Å². The van der Waals surface area contributed by atoms with Gasteiger partial charge in [0.25, 0.3) is 0 Å². The lowest BCUT2D eigenvalue weighted by Gasteiger charge is -2.71. The highest BCUT2D eigenvalue weighted by Gasteiger charge is 2.70. The van der Waals surface area contributed by atoms with Crippen LogP contribution in [0.4, 0.5) is 0 Å². The second kappa shape index (κ2) is 8.09. The Kier molecular flexibility index (Phi) is 5.91. The minimum Gasteiger partial charge on any atom is -0.481 e. The smallest absolute Gasteiger partial charge is 0.313 e. The molecule has 202 valence electrons. The molecule has 0 aliphatic heterocycles. The van der Waals surface area contributed by atoms with Gasteiger partial charge in [0.15, 0.2) is 0 Å². The molecule has 5 aliphatic carbocycles. The lowest BCUT2D eigenvalue weighted by atomic mass is 9.33. The zero-order valence-corrected chi connectivity index (χ0v) is 24.1. The van der Waals surface area contributed by atoms with Gasteiger partial charge in [0, 0.05) is 6.92 Å². The van der Waals surface area contributed by atoms with E-state index in [1.807, 2.05) is 6.92 Å². The maximum Gasteiger partial charge on any atom is 0.313 e. The summed E-state index contributed by atoms with van der Waals surface area (Å²) in [7, 11) is 0. The predicted molar refractivity (Wildman–Crippen MR) is 142 cm³/mol. The zero-order valence-electron chi connectivity index (χ0n) is 24.1. The number of ether oxygens (including phenoxy) is 1. The predicted octanol–water partition coefficient (Wildman–Crippen LogP) is 7.66. The molecule has 4 saturated carbocycles. The Labute approximate surface area is 219 Å². The van der Waals surface area contributed by atoms with Crippen molar-refractivity contribution in [2.45, 2.75) is 119 Å². The maximum atomic E-state index is 12.9. The van der Waals surface area contributed by atoms with E-state index in [4.69, 9.17) is 4.74 Å². The topological polar surface area (TPSA) is 63.6 Å². The van der Waals surface area contributed by atoms with Crippen molar-refractivity contribution in [3.8, 4) is 0 Å². The molecule has 4 fully saturated rings. The van der Waals surface area contributed by atoms with E-state index in [9.17, 15) is 14.7 Å². The Morgan fingerprint density at radius 2 is 1.61 bits per heavy atom. The quantitative estimate of drug-likeness (QED) is 0.313. The van der Waals surface area contributed by atoms with Crippen molar-refractivity contribution in [3.05, 3.63) is 11.6 Å². The molecule has 0 bridgehead atoms. The third-order valence-electron chi connectivity index (χ3n) is 13.8. The number of carbonyl (C=O) groups is 2. The van der Waals surface area contributed by atoms with E-state index in [-0.39, 0.29) is 28.1 Å². The first-order valence-corrected chi connectivity index (χ1v) is 14.8. The summed E-state index contributed by atoms with van der Waals surface area (Å²) in [5.41, 5.74) is 1.40. The molecule has 0 aromatic rings. The van der Waals surface area contributed by atoms with Crippen LogP contribution in [0.1, 0.15) is 113 Å². The van der Waals surface area contributed by atoms with Gasteiger partial charge in [-0.15, -0.1) is 0 Å². The molecule has 0 spiro atoms. The van der Waals surface area contributed by atoms with E-state index in [1.165, 1.54) is 32.6 Å². The fraction of sp³-hybridized carbons (Fsp3) is 0.875. The van der Waals surface area contributed by atoms with Crippen molar-refractivity contribution < 1.29 is 19.4 Å². The minimum absolute atomic E-state index is 0.0136. The Hall–Kier alpha value is -1.32. The minimum atomic E-state index is -1.04. The summed E-state index contributed by atoms with van der Waals surface area (Å²) in [6, 6.07) is 0. The van der Waals surface area contributed by atoms with Crippen molar-refractivity contribution >= 4 is 11.9 Å². The average Bonchev–Trinajstić information content (AvgIpc) is 2.79. The number of hydrogen-bond acceptors (Lipinski definition) is 3. The van der Waals surface area contributed by atoms with Gasteiger partial charge in [-0.25, -0.2) is 0 Å². The zero-order chi connectivity index (χ0) is 26.5. The number of esters is 1. The first kappa shape index (κ1) is 26.3. The van der Waals surface area contributed by atoms with Crippen LogP contribution in [0.25, 0.3) is 0 Å². The Bertz CT molecular complexity index is 985. The van der Waals surface area contributed by atoms with Crippen LogP contribution in [0.15, 0.2) is 11.6 Å². The summed E-state index contributed by atoms with van der Waals surface area (Å²) in [6.45, 7) is 18.4. The second-order valence-electron chi connectivity index (χ2n) is 15.0. The highest BCUT2D eigenvalue weighted by molar-refractivity contribution is 5.77. The lowest BCUT2D eigenvalue weighted by molar-refractivity contribution is -0.223. The number of allylic oxidation sites excluding steroid dienone is 2. The van der Waals surface area contributed by atoms with Gasteiger partial charge in [0.05, 0.1) is 0 Å². The summed E-state index contributed by atoms with van der Waals surface area (Å²) in [4.78, 5) is 24.8. The summed E-state index contributed by atoms with van der Waals surface area (Å²) >= 11 is 0. The van der Waals surface area contributed by atoms with E-state index in [0.717, 1.165) is 37.5 Å². The molecule has 11 atom stereocenters. The summed E-state index contributed by atoms with van der Waals surface area (Å²) in [6.07, 6.45) is 12.0. The molecule has 0 heterocycles. The Morgan fingerprint density at radius 1 is 0.917 bits per heavy atom. The second-order valence-corrected chi connectivity index (χ2v) is 15.0. The van der Waals surface area contributed by atoms with Gasteiger partial charge in [0.1, 0.15) is 11.5 Å². The molecule has 36 heavy (non-hydrogen) atoms. The molecule has 5 rings (SSSR count). The number of rotatable bonds is 2. The normalized spacial score (nSPS) is 54.2. The first-order valence-electron chi connectivity index (χ1n) is 14.8. The number of carboxylic acids is 1. The van der Waals surface area contributed by atoms with Crippen LogP contribution in [-0.4, -0.2) is 23.1 Å². The van der Waals surface area contributed by atoms with Crippen LogP contribution in [0, 0.1) is 56.7 Å². The van der Waals surface area contributed by atoms with E-state index < -0.39 is 17.5 Å². The SMILES string of the molecule is CC(=O)O[C@H]1CC[C@@]2(C)C(CC[C@]3(C)[C@@H]2CC=C2[C@@H]4[C@@H](C)[C@H](C)CC[C@]4(C)CC[C@]23C)C1(C)C(=O)O. The maximum absolute atomic E-state index is 12.9. The van der Waals surface area contributed by atoms with E-state index in [2.05, 4.69) is 47.6 Å². The third kappa shape index (κ3) is 3.17. The summed E-state index contributed by atoms with van der Waals surface area (Å²) in [5, 5.41) is 10.5. The number of fused-ring (bicyclic) bond motifs is 7. The average molecular weight is 499 g/mol. The number of carboxylic acid groups (broad SMARTS) is 1. The van der Waals surface area contributed by atoms with Gasteiger partial charge >= 0.3 is 11.9 Å². The van der Waals surface area contributed by atoms with Gasteiger partial charge in [-0.2, -0.15) is 0 Å². The lowest BCUT2D eigenvalue weighted by Crippen LogP contribution is -2.66. The van der Waals surface area contributed by atoms with Crippen molar-refractivity contribution in [3.63, 3.8) is 0 Å². The fourth-order valence-corrected chi connectivity index (χ4v) is 11.2. The molecule has 4 heteroatoms. The van der Waals surface area contributed by atoms with E-state index in [1.54, 1.807) is 5.57 Å². The molecular formula is C32H50O4. The third-order valence-corrected chi connectivity index (χ3v) is 13.8. The van der Waals surface area contributed by atoms with Crippen LogP contribution in [-0.2, 0) is 14.3 Å². The fourth-order valence-electron chi connectivity index (χ4n) is 11.2. The molecule has 0 aromatic heterocycles.